The molecule has 2 aromatic rings. The van der Waals surface area contributed by atoms with Gasteiger partial charge in [-0.3, -0.25) is 14.4 Å². The van der Waals surface area contributed by atoms with Crippen LogP contribution < -0.4 is 11.1 Å². The second-order valence-electron chi connectivity index (χ2n) is 7.82. The van der Waals surface area contributed by atoms with E-state index in [9.17, 15) is 19.6 Å². The van der Waals surface area contributed by atoms with Crippen LogP contribution in [0.15, 0.2) is 41.4 Å². The third-order valence-corrected chi connectivity index (χ3v) is 6.57. The summed E-state index contributed by atoms with van der Waals surface area (Å²) in [5.74, 6) is -1.01. The number of carbonyl (C=O) groups excluding carboxylic acids is 3. The molecule has 10 heteroatoms. The molecule has 2 amide bonds. The molecule has 0 saturated carbocycles. The number of ether oxygens (including phenoxy) is 1. The molecule has 9 nitrogen and oxygen atoms in total. The maximum Gasteiger partial charge on any atom is 0.309 e. The summed E-state index contributed by atoms with van der Waals surface area (Å²) < 4.78 is 5.07. The van der Waals surface area contributed by atoms with Gasteiger partial charge in [0.25, 0.3) is 5.91 Å². The number of carbonyl (C=O) groups is 3. The number of nitriles is 1. The summed E-state index contributed by atoms with van der Waals surface area (Å²) in [4.78, 5) is 43.5. The predicted molar refractivity (Wildman–Crippen MR) is 129 cm³/mol. The van der Waals surface area contributed by atoms with Crippen molar-refractivity contribution in [2.45, 2.75) is 37.0 Å². The van der Waals surface area contributed by atoms with Gasteiger partial charge in [0.05, 0.1) is 28.9 Å². The zero-order valence-electron chi connectivity index (χ0n) is 19.1. The number of nitrogens with two attached hydrogens (primary N) is 1. The summed E-state index contributed by atoms with van der Waals surface area (Å²) in [6, 6.07) is 12.3. The number of nitrogens with zero attached hydrogens (tertiary/aromatic N) is 3. The van der Waals surface area contributed by atoms with Crippen LogP contribution in [-0.4, -0.2) is 52.6 Å². The molecule has 34 heavy (non-hydrogen) atoms. The number of nitrogen functional groups attached to an aromatic ring is 1. The summed E-state index contributed by atoms with van der Waals surface area (Å²) in [7, 11) is 0. The number of piperidine rings is 1. The number of hydrogen-bond donors (Lipinski definition) is 2. The minimum atomic E-state index is -0.526. The lowest BCUT2D eigenvalue weighted by Gasteiger charge is -2.32. The van der Waals surface area contributed by atoms with Crippen LogP contribution in [-0.2, 0) is 14.3 Å². The first-order chi connectivity index (χ1) is 16.3. The van der Waals surface area contributed by atoms with Gasteiger partial charge < -0.3 is 20.7 Å². The average Bonchev–Trinajstić information content (AvgIpc) is 2.84. The van der Waals surface area contributed by atoms with Gasteiger partial charge in [0.1, 0.15) is 16.9 Å². The molecule has 2 heterocycles. The van der Waals surface area contributed by atoms with Gasteiger partial charge >= 0.3 is 5.97 Å². The third kappa shape index (κ3) is 6.05. The maximum absolute atomic E-state index is 13.0. The van der Waals surface area contributed by atoms with Crippen molar-refractivity contribution in [3.8, 4) is 6.07 Å². The van der Waals surface area contributed by atoms with E-state index in [1.807, 2.05) is 12.1 Å². The van der Waals surface area contributed by atoms with E-state index in [-0.39, 0.29) is 34.7 Å². The predicted octanol–water partition coefficient (Wildman–Crippen LogP) is 3.07. The van der Waals surface area contributed by atoms with E-state index in [0.29, 0.717) is 43.3 Å². The van der Waals surface area contributed by atoms with Crippen molar-refractivity contribution in [1.82, 2.24) is 9.88 Å². The first-order valence-electron chi connectivity index (χ1n) is 11.0. The molecule has 0 spiro atoms. The summed E-state index contributed by atoms with van der Waals surface area (Å²) >= 11 is 1.12. The van der Waals surface area contributed by atoms with Crippen molar-refractivity contribution in [3.63, 3.8) is 0 Å². The molecule has 3 N–H and O–H groups in total. The molecule has 1 fully saturated rings. The molecule has 0 bridgehead atoms. The molecule has 1 aliphatic heterocycles. The van der Waals surface area contributed by atoms with E-state index >= 15 is 0 Å². The second-order valence-corrected chi connectivity index (χ2v) is 9.15. The number of amides is 2. The van der Waals surface area contributed by atoms with Crippen molar-refractivity contribution in [2.24, 2.45) is 5.92 Å². The highest BCUT2D eigenvalue weighted by Gasteiger charge is 2.31. The van der Waals surface area contributed by atoms with Crippen LogP contribution >= 0.6 is 11.8 Å². The van der Waals surface area contributed by atoms with E-state index in [0.717, 1.165) is 11.8 Å². The first kappa shape index (κ1) is 25.1. The van der Waals surface area contributed by atoms with Crippen LogP contribution in [0.3, 0.4) is 0 Å². The Hall–Kier alpha value is -3.58. The van der Waals surface area contributed by atoms with E-state index in [1.54, 1.807) is 43.0 Å². The SMILES string of the molecule is CCOC(=O)C1CCN(C(=O)C(C)Sc2nc(N)c(C(=O)Nc3ccccc3)cc2C#N)CC1. The Kier molecular flexibility index (Phi) is 8.49. The molecule has 1 aromatic carbocycles. The summed E-state index contributed by atoms with van der Waals surface area (Å²) in [6.45, 7) is 4.78. The molecule has 1 atom stereocenters. The van der Waals surface area contributed by atoms with Gasteiger partial charge in [-0.15, -0.1) is 0 Å². The Morgan fingerprint density at radius 1 is 1.29 bits per heavy atom. The number of rotatable bonds is 7. The third-order valence-electron chi connectivity index (χ3n) is 5.48. The number of likely N-dealkylation sites (tertiary alicyclic amines) is 1. The highest BCUT2D eigenvalue weighted by atomic mass is 32.2. The highest BCUT2D eigenvalue weighted by molar-refractivity contribution is 8.00. The van der Waals surface area contributed by atoms with Gasteiger partial charge in [0.2, 0.25) is 5.91 Å². The van der Waals surface area contributed by atoms with Crippen molar-refractivity contribution >= 4 is 41.1 Å². The van der Waals surface area contributed by atoms with E-state index in [1.165, 1.54) is 6.07 Å². The molecule has 1 saturated heterocycles. The lowest BCUT2D eigenvalue weighted by Crippen LogP contribution is -2.43. The largest absolute Gasteiger partial charge is 0.466 e. The van der Waals surface area contributed by atoms with Gasteiger partial charge in [0.15, 0.2) is 0 Å². The minimum Gasteiger partial charge on any atom is -0.466 e. The number of anilines is 2. The Labute approximate surface area is 202 Å². The van der Waals surface area contributed by atoms with Gasteiger partial charge in [-0.25, -0.2) is 4.98 Å². The maximum atomic E-state index is 13.0. The number of hydrogen-bond acceptors (Lipinski definition) is 8. The number of aromatic nitrogens is 1. The molecular weight excluding hydrogens is 454 g/mol. The Bertz CT molecular complexity index is 1090. The molecule has 1 aliphatic rings. The number of nitrogens with one attached hydrogen (secondary N) is 1. The quantitative estimate of drug-likeness (QED) is 0.454. The van der Waals surface area contributed by atoms with E-state index in [2.05, 4.69) is 10.3 Å². The zero-order chi connectivity index (χ0) is 24.7. The van der Waals surface area contributed by atoms with Crippen molar-refractivity contribution < 1.29 is 19.1 Å². The van der Waals surface area contributed by atoms with Crippen LogP contribution in [0.25, 0.3) is 0 Å². The number of benzene rings is 1. The van der Waals surface area contributed by atoms with E-state index < -0.39 is 11.2 Å². The standard InChI is InChI=1S/C24H27N5O4S/c1-3-33-24(32)16-9-11-29(12-10-16)23(31)15(2)34-22-17(14-25)13-19(20(26)28-22)21(30)27-18-7-5-4-6-8-18/h4-8,13,15-16H,3,9-12H2,1-2H3,(H2,26,28)(H,27,30). The fourth-order valence-corrected chi connectivity index (χ4v) is 4.62. The molecule has 0 aliphatic carbocycles. The van der Waals surface area contributed by atoms with Crippen LogP contribution in [0.1, 0.15) is 42.6 Å². The molecule has 1 unspecified atom stereocenters. The lowest BCUT2D eigenvalue weighted by molar-refractivity contribution is -0.151. The summed E-state index contributed by atoms with van der Waals surface area (Å²) in [5, 5.41) is 12.1. The summed E-state index contributed by atoms with van der Waals surface area (Å²) in [5.41, 5.74) is 6.87. The fourth-order valence-electron chi connectivity index (χ4n) is 3.65. The van der Waals surface area contributed by atoms with Gasteiger partial charge in [-0.1, -0.05) is 30.0 Å². The monoisotopic (exact) mass is 481 g/mol. The van der Waals surface area contributed by atoms with Crippen LogP contribution in [0.5, 0.6) is 0 Å². The Morgan fingerprint density at radius 3 is 2.59 bits per heavy atom. The molecular formula is C24H27N5O4S. The van der Waals surface area contributed by atoms with E-state index in [4.69, 9.17) is 10.5 Å². The van der Waals surface area contributed by atoms with Gasteiger partial charge in [0, 0.05) is 18.8 Å². The van der Waals surface area contributed by atoms with Crippen molar-refractivity contribution in [1.29, 1.82) is 5.26 Å². The Morgan fingerprint density at radius 2 is 1.97 bits per heavy atom. The first-order valence-corrected chi connectivity index (χ1v) is 11.9. The average molecular weight is 482 g/mol. The fraction of sp³-hybridized carbons (Fsp3) is 0.375. The van der Waals surface area contributed by atoms with Crippen LogP contribution in [0, 0.1) is 17.2 Å². The molecule has 0 radical (unpaired) electrons. The highest BCUT2D eigenvalue weighted by Crippen LogP contribution is 2.30. The number of pyridine rings is 1. The number of esters is 1. The number of thioether (sulfide) groups is 1. The molecule has 3 rings (SSSR count). The van der Waals surface area contributed by atoms with Crippen molar-refractivity contribution in [2.75, 3.05) is 30.7 Å². The van der Waals surface area contributed by atoms with Gasteiger partial charge in [-0.2, -0.15) is 5.26 Å². The number of para-hydroxylation sites is 1. The van der Waals surface area contributed by atoms with Crippen LogP contribution in [0.2, 0.25) is 0 Å². The lowest BCUT2D eigenvalue weighted by atomic mass is 9.97. The zero-order valence-corrected chi connectivity index (χ0v) is 19.9. The second kappa shape index (κ2) is 11.5. The smallest absolute Gasteiger partial charge is 0.309 e. The van der Waals surface area contributed by atoms with Crippen molar-refractivity contribution in [3.05, 3.63) is 47.5 Å². The Balaban J connectivity index is 1.66. The normalized spacial score (nSPS) is 14.7. The summed E-state index contributed by atoms with van der Waals surface area (Å²) in [6.07, 6.45) is 1.11. The minimum absolute atomic E-state index is 0.0233. The molecule has 178 valence electrons. The topological polar surface area (TPSA) is 138 Å². The molecule has 1 aromatic heterocycles. The van der Waals surface area contributed by atoms with Gasteiger partial charge in [-0.05, 0) is 44.9 Å². The van der Waals surface area contributed by atoms with Crippen LogP contribution in [0.4, 0.5) is 11.5 Å².